The maximum atomic E-state index is 14.2. The quantitative estimate of drug-likeness (QED) is 0.0588. The maximum absolute atomic E-state index is 14.2. The molecule has 0 spiro atoms. The Hall–Kier alpha value is -3.99. The Morgan fingerprint density at radius 3 is 2.05 bits per heavy atom. The van der Waals surface area contributed by atoms with Crippen LogP contribution in [0.15, 0.2) is 89.9 Å². The molecular weight excluding hydrogens is 547 g/mol. The van der Waals surface area contributed by atoms with Crippen LogP contribution < -0.4 is 9.05 Å². The summed E-state index contributed by atoms with van der Waals surface area (Å²) in [5.41, 5.74) is 1.55. The molecule has 0 aliphatic carbocycles. The first-order valence-electron chi connectivity index (χ1n) is 11.4. The largest absolute Gasteiger partial charge is 0.466 e. The monoisotopic (exact) mass is 572 g/mol. The second kappa shape index (κ2) is 14.8. The topological polar surface area (TPSA) is 144 Å². The van der Waals surface area contributed by atoms with Gasteiger partial charge in [0.05, 0.1) is 16.2 Å². The van der Waals surface area contributed by atoms with Crippen LogP contribution in [0, 0.1) is 10.1 Å². The van der Waals surface area contributed by atoms with Gasteiger partial charge >= 0.3 is 13.6 Å². The van der Waals surface area contributed by atoms with Crippen molar-refractivity contribution in [3.05, 3.63) is 101 Å². The van der Waals surface area contributed by atoms with E-state index in [0.29, 0.717) is 5.56 Å². The third-order valence-corrected chi connectivity index (χ3v) is 7.45. The van der Waals surface area contributed by atoms with Gasteiger partial charge in [0.25, 0.3) is 11.5 Å². The molecule has 3 rings (SSSR count). The Balaban J connectivity index is 1.88. The molecule has 1 atom stereocenters. The number of hydrogen-bond acceptors (Lipinski definition) is 11. The second-order valence-corrected chi connectivity index (χ2v) is 10.6. The summed E-state index contributed by atoms with van der Waals surface area (Å²) in [7, 11) is -3.04. The smallest absolute Gasteiger partial charge is 0.459 e. The SMILES string of the molecule is COCC(=O)CSC=NC(C(=O)OCc1ccc([N+](=O)[O-])cc1)P(=O)(Oc1ccccc1)Oc1ccccc1. The van der Waals surface area contributed by atoms with Crippen molar-refractivity contribution >= 4 is 42.3 Å². The summed E-state index contributed by atoms with van der Waals surface area (Å²) in [5.74, 6) is -2.66. The number of carbonyl (C=O) groups is 2. The van der Waals surface area contributed by atoms with Gasteiger partial charge in [0.2, 0.25) is 0 Å². The Morgan fingerprint density at radius 1 is 0.974 bits per heavy atom. The average Bonchev–Trinajstić information content (AvgIpc) is 2.93. The lowest BCUT2D eigenvalue weighted by atomic mass is 10.2. The van der Waals surface area contributed by atoms with Gasteiger partial charge in [-0.1, -0.05) is 36.4 Å². The molecular formula is C26H25N2O9PS. The fraction of sp³-hybridized carbons (Fsp3) is 0.192. The first-order valence-corrected chi connectivity index (χ1v) is 14.1. The molecule has 0 aromatic heterocycles. The van der Waals surface area contributed by atoms with Crippen molar-refractivity contribution in [2.24, 2.45) is 4.99 Å². The van der Waals surface area contributed by atoms with Crippen LogP contribution in [-0.2, 0) is 30.2 Å². The molecule has 0 amide bonds. The maximum Gasteiger partial charge on any atom is 0.466 e. The first kappa shape index (κ1) is 29.6. The van der Waals surface area contributed by atoms with Crippen LogP contribution >= 0.6 is 19.4 Å². The zero-order valence-electron chi connectivity index (χ0n) is 20.8. The minimum Gasteiger partial charge on any atom is -0.459 e. The summed E-state index contributed by atoms with van der Waals surface area (Å²) in [5, 5.41) is 10.9. The van der Waals surface area contributed by atoms with Gasteiger partial charge in [0.1, 0.15) is 24.7 Å². The van der Waals surface area contributed by atoms with E-state index in [1.165, 1.54) is 36.9 Å². The molecule has 0 fully saturated rings. The van der Waals surface area contributed by atoms with Crippen molar-refractivity contribution in [1.29, 1.82) is 0 Å². The summed E-state index contributed by atoms with van der Waals surface area (Å²) >= 11 is 0.969. The number of benzene rings is 3. The summed E-state index contributed by atoms with van der Waals surface area (Å²) < 4.78 is 35.9. The van der Waals surface area contributed by atoms with Crippen LogP contribution in [0.4, 0.5) is 5.69 Å². The van der Waals surface area contributed by atoms with Crippen molar-refractivity contribution in [2.75, 3.05) is 19.5 Å². The minimum atomic E-state index is -4.43. The molecule has 0 N–H and O–H groups in total. The van der Waals surface area contributed by atoms with Crippen LogP contribution in [0.5, 0.6) is 11.5 Å². The summed E-state index contributed by atoms with van der Waals surface area (Å²) in [6.45, 7) is -0.368. The highest BCUT2D eigenvalue weighted by molar-refractivity contribution is 8.12. The highest BCUT2D eigenvalue weighted by Crippen LogP contribution is 2.54. The number of nitro groups is 1. The fourth-order valence-corrected chi connectivity index (χ4v) is 5.30. The van der Waals surface area contributed by atoms with E-state index in [-0.39, 0.29) is 41.9 Å². The lowest BCUT2D eigenvalue weighted by molar-refractivity contribution is -0.384. The normalized spacial score (nSPS) is 12.0. The Labute approximate surface area is 228 Å². The lowest BCUT2D eigenvalue weighted by Gasteiger charge is -2.24. The molecule has 0 aliphatic heterocycles. The van der Waals surface area contributed by atoms with Crippen LogP contribution in [0.25, 0.3) is 0 Å². The zero-order chi connectivity index (χ0) is 28.1. The number of aliphatic imine (C=N–C) groups is 1. The van der Waals surface area contributed by atoms with Crippen LogP contribution in [-0.4, -0.2) is 47.5 Å². The number of Topliss-reactive ketones (excluding diaryl/α,β-unsaturated/α-hetero) is 1. The number of ether oxygens (including phenoxy) is 2. The van der Waals surface area contributed by atoms with Gasteiger partial charge < -0.3 is 18.5 Å². The van der Waals surface area contributed by atoms with E-state index in [2.05, 4.69) is 4.99 Å². The number of ketones is 1. The molecule has 3 aromatic rings. The molecule has 0 bridgehead atoms. The van der Waals surface area contributed by atoms with Crippen LogP contribution in [0.1, 0.15) is 5.56 Å². The standard InChI is InChI=1S/C26H25N2O9PS/c1-34-17-22(29)18-39-19-27-25(26(30)35-16-20-12-14-21(15-13-20)28(31)32)38(33,36-23-8-4-2-5-9-23)37-24-10-6-3-7-11-24/h2-15,19,25H,16-18H2,1H3. The van der Waals surface area contributed by atoms with E-state index >= 15 is 0 Å². The molecule has 0 aliphatic rings. The Morgan fingerprint density at radius 2 is 1.54 bits per heavy atom. The summed E-state index contributed by atoms with van der Waals surface area (Å²) in [6, 6.07) is 21.7. The van der Waals surface area contributed by atoms with Gasteiger partial charge in [-0.25, -0.2) is 9.36 Å². The second-order valence-electron chi connectivity index (χ2n) is 7.79. The number of carbonyl (C=O) groups excluding carboxylic acids is 2. The van der Waals surface area contributed by atoms with Gasteiger partial charge in [-0.05, 0) is 42.0 Å². The van der Waals surface area contributed by atoms with Crippen molar-refractivity contribution in [1.82, 2.24) is 0 Å². The molecule has 0 saturated heterocycles. The number of para-hydroxylation sites is 2. The van der Waals surface area contributed by atoms with E-state index in [0.717, 1.165) is 11.8 Å². The summed E-state index contributed by atoms with van der Waals surface area (Å²) in [6.07, 6.45) is 0. The van der Waals surface area contributed by atoms with Gasteiger partial charge in [0, 0.05) is 19.2 Å². The van der Waals surface area contributed by atoms with Crippen LogP contribution in [0.2, 0.25) is 0 Å². The summed E-state index contributed by atoms with van der Waals surface area (Å²) in [4.78, 5) is 39.5. The van der Waals surface area contributed by atoms with Crippen molar-refractivity contribution in [3.8, 4) is 11.5 Å². The number of thioether (sulfide) groups is 1. The predicted molar refractivity (Wildman–Crippen MR) is 146 cm³/mol. The van der Waals surface area contributed by atoms with Crippen molar-refractivity contribution < 1.29 is 37.6 Å². The van der Waals surface area contributed by atoms with E-state index in [9.17, 15) is 24.3 Å². The lowest BCUT2D eigenvalue weighted by Crippen LogP contribution is -2.26. The Kier molecular flexibility index (Phi) is 11.2. The fourth-order valence-electron chi connectivity index (χ4n) is 3.02. The van der Waals surface area contributed by atoms with Gasteiger partial charge in [-0.15, -0.1) is 11.8 Å². The van der Waals surface area contributed by atoms with Gasteiger partial charge in [-0.3, -0.25) is 19.9 Å². The van der Waals surface area contributed by atoms with Gasteiger partial charge in [-0.2, -0.15) is 0 Å². The Bertz CT molecular complexity index is 1280. The predicted octanol–water partition coefficient (Wildman–Crippen LogP) is 5.29. The number of rotatable bonds is 15. The molecule has 204 valence electrons. The third-order valence-electron chi connectivity index (χ3n) is 4.82. The average molecular weight is 573 g/mol. The minimum absolute atomic E-state index is 0.00525. The van der Waals surface area contributed by atoms with E-state index in [4.69, 9.17) is 18.5 Å². The highest BCUT2D eigenvalue weighted by Gasteiger charge is 2.46. The number of nitrogens with zero attached hydrogens (tertiary/aromatic N) is 2. The number of methoxy groups -OCH3 is 1. The highest BCUT2D eigenvalue weighted by atomic mass is 32.2. The molecule has 39 heavy (non-hydrogen) atoms. The molecule has 13 heteroatoms. The number of esters is 1. The van der Waals surface area contributed by atoms with E-state index in [1.54, 1.807) is 60.7 Å². The molecule has 1 unspecified atom stereocenters. The van der Waals surface area contributed by atoms with E-state index in [1.807, 2.05) is 0 Å². The first-order chi connectivity index (χ1) is 18.8. The molecule has 0 saturated carbocycles. The third kappa shape index (κ3) is 9.36. The number of non-ortho nitro benzene ring substituents is 1. The van der Waals surface area contributed by atoms with Crippen molar-refractivity contribution in [2.45, 2.75) is 12.4 Å². The molecule has 0 heterocycles. The zero-order valence-corrected chi connectivity index (χ0v) is 22.5. The van der Waals surface area contributed by atoms with E-state index < -0.39 is 24.3 Å². The number of nitro benzene ring substituents is 1. The van der Waals surface area contributed by atoms with Gasteiger partial charge in [0.15, 0.2) is 5.78 Å². The van der Waals surface area contributed by atoms with Crippen LogP contribution in [0.3, 0.4) is 0 Å². The molecule has 11 nitrogen and oxygen atoms in total. The molecule has 3 aromatic carbocycles. The number of hydrogen-bond donors (Lipinski definition) is 0. The van der Waals surface area contributed by atoms with Crippen molar-refractivity contribution in [3.63, 3.8) is 0 Å². The molecule has 0 radical (unpaired) electrons.